The van der Waals surface area contributed by atoms with Gasteiger partial charge in [0.1, 0.15) is 6.04 Å². The molecule has 2 aromatic rings. The van der Waals surface area contributed by atoms with Crippen molar-refractivity contribution in [2.45, 2.75) is 26.3 Å². The van der Waals surface area contributed by atoms with E-state index >= 15 is 0 Å². The molecule has 0 saturated carbocycles. The average Bonchev–Trinajstić information content (AvgIpc) is 3.02. The van der Waals surface area contributed by atoms with E-state index in [0.717, 1.165) is 4.90 Å². The van der Waals surface area contributed by atoms with Crippen LogP contribution in [0.1, 0.15) is 51.3 Å². The third-order valence-corrected chi connectivity index (χ3v) is 4.71. The van der Waals surface area contributed by atoms with E-state index in [-0.39, 0.29) is 17.0 Å². The maximum Gasteiger partial charge on any atom is 0.329 e. The Morgan fingerprint density at radius 3 is 2.07 bits per heavy atom. The zero-order chi connectivity index (χ0) is 21.8. The standard InChI is InChI=1S/C22H20N2O6/c1-3-19(26)23-15-10-8-14(9-11-15)18(25)12-30-22(29)13(2)24-20(27)16-6-4-5-7-17(16)21(24)28/h4-11,13H,3,12H2,1-2H3,(H,23,26)/t13-/m0/s1. The largest absolute Gasteiger partial charge is 0.456 e. The van der Waals surface area contributed by atoms with E-state index in [1.165, 1.54) is 31.2 Å². The van der Waals surface area contributed by atoms with E-state index in [2.05, 4.69) is 5.32 Å². The Labute approximate surface area is 172 Å². The lowest BCUT2D eigenvalue weighted by Gasteiger charge is -2.20. The molecule has 3 rings (SSSR count). The van der Waals surface area contributed by atoms with Gasteiger partial charge in [0.05, 0.1) is 11.1 Å². The van der Waals surface area contributed by atoms with Crippen LogP contribution in [0.25, 0.3) is 0 Å². The zero-order valence-corrected chi connectivity index (χ0v) is 16.5. The molecule has 0 fully saturated rings. The second-order valence-electron chi connectivity index (χ2n) is 6.71. The van der Waals surface area contributed by atoms with Crippen LogP contribution in [-0.2, 0) is 14.3 Å². The fourth-order valence-corrected chi connectivity index (χ4v) is 2.99. The molecule has 0 radical (unpaired) electrons. The number of Topliss-reactive ketones (excluding diaryl/α,β-unsaturated/α-hetero) is 1. The van der Waals surface area contributed by atoms with Gasteiger partial charge in [0.15, 0.2) is 12.4 Å². The monoisotopic (exact) mass is 408 g/mol. The molecule has 0 aliphatic carbocycles. The first-order valence-electron chi connectivity index (χ1n) is 9.40. The van der Waals surface area contributed by atoms with Gasteiger partial charge in [0.25, 0.3) is 11.8 Å². The molecule has 30 heavy (non-hydrogen) atoms. The van der Waals surface area contributed by atoms with Crippen LogP contribution in [0.4, 0.5) is 5.69 Å². The molecule has 1 heterocycles. The van der Waals surface area contributed by atoms with Gasteiger partial charge >= 0.3 is 5.97 Å². The van der Waals surface area contributed by atoms with Gasteiger partial charge in [-0.2, -0.15) is 0 Å². The molecule has 8 nitrogen and oxygen atoms in total. The van der Waals surface area contributed by atoms with Crippen molar-refractivity contribution in [1.29, 1.82) is 0 Å². The molecule has 1 N–H and O–H groups in total. The SMILES string of the molecule is CCC(=O)Nc1ccc(C(=O)COC(=O)[C@H](C)N2C(=O)c3ccccc3C2=O)cc1. The minimum atomic E-state index is -1.17. The smallest absolute Gasteiger partial charge is 0.329 e. The van der Waals surface area contributed by atoms with Crippen molar-refractivity contribution in [1.82, 2.24) is 4.90 Å². The summed E-state index contributed by atoms with van der Waals surface area (Å²) in [6.45, 7) is 2.57. The van der Waals surface area contributed by atoms with E-state index in [4.69, 9.17) is 4.74 Å². The number of fused-ring (bicyclic) bond motifs is 1. The highest BCUT2D eigenvalue weighted by Crippen LogP contribution is 2.24. The highest BCUT2D eigenvalue weighted by molar-refractivity contribution is 6.22. The Bertz CT molecular complexity index is 993. The Kier molecular flexibility index (Phi) is 6.06. The first-order valence-corrected chi connectivity index (χ1v) is 9.40. The number of benzene rings is 2. The van der Waals surface area contributed by atoms with Gasteiger partial charge in [-0.05, 0) is 43.3 Å². The fraction of sp³-hybridized carbons (Fsp3) is 0.227. The Balaban J connectivity index is 1.59. The summed E-state index contributed by atoms with van der Waals surface area (Å²) in [5.41, 5.74) is 1.31. The molecule has 8 heteroatoms. The molecule has 1 atom stereocenters. The molecule has 154 valence electrons. The molecule has 0 bridgehead atoms. The lowest BCUT2D eigenvalue weighted by Crippen LogP contribution is -2.44. The van der Waals surface area contributed by atoms with Gasteiger partial charge in [0.2, 0.25) is 5.91 Å². The van der Waals surface area contributed by atoms with Gasteiger partial charge in [-0.1, -0.05) is 19.1 Å². The summed E-state index contributed by atoms with van der Waals surface area (Å²) in [7, 11) is 0. The molecular formula is C22H20N2O6. The maximum absolute atomic E-state index is 12.4. The Morgan fingerprint density at radius 1 is 0.967 bits per heavy atom. The number of nitrogens with one attached hydrogen (secondary N) is 1. The van der Waals surface area contributed by atoms with Crippen molar-refractivity contribution >= 4 is 35.2 Å². The zero-order valence-electron chi connectivity index (χ0n) is 16.5. The van der Waals surface area contributed by atoms with Crippen LogP contribution in [0.2, 0.25) is 0 Å². The number of esters is 1. The molecule has 0 aromatic heterocycles. The average molecular weight is 408 g/mol. The van der Waals surface area contributed by atoms with Gasteiger partial charge in [-0.3, -0.25) is 24.1 Å². The number of hydrogen-bond acceptors (Lipinski definition) is 6. The summed E-state index contributed by atoms with van der Waals surface area (Å²) in [4.78, 5) is 61.7. The Morgan fingerprint density at radius 2 is 1.53 bits per heavy atom. The van der Waals surface area contributed by atoms with Crippen molar-refractivity contribution in [2.24, 2.45) is 0 Å². The lowest BCUT2D eigenvalue weighted by molar-refractivity contribution is -0.146. The number of amides is 3. The number of carbonyl (C=O) groups is 5. The number of carbonyl (C=O) groups excluding carboxylic acids is 5. The van der Waals surface area contributed by atoms with E-state index in [0.29, 0.717) is 17.7 Å². The van der Waals surface area contributed by atoms with Crippen molar-refractivity contribution in [3.8, 4) is 0 Å². The second kappa shape index (κ2) is 8.69. The van der Waals surface area contributed by atoms with Crippen LogP contribution < -0.4 is 5.32 Å². The number of hydrogen-bond donors (Lipinski definition) is 1. The van der Waals surface area contributed by atoms with Gasteiger partial charge in [0, 0.05) is 17.7 Å². The van der Waals surface area contributed by atoms with E-state index in [9.17, 15) is 24.0 Å². The normalized spacial score (nSPS) is 13.6. The van der Waals surface area contributed by atoms with Crippen LogP contribution in [0.5, 0.6) is 0 Å². The first-order chi connectivity index (χ1) is 14.3. The highest BCUT2D eigenvalue weighted by Gasteiger charge is 2.41. The summed E-state index contributed by atoms with van der Waals surface area (Å²) in [6, 6.07) is 11.3. The number of imide groups is 1. The van der Waals surface area contributed by atoms with Gasteiger partial charge in [-0.25, -0.2) is 4.79 Å². The summed E-state index contributed by atoms with van der Waals surface area (Å²) >= 11 is 0. The molecular weight excluding hydrogens is 388 g/mol. The molecule has 0 saturated heterocycles. The molecule has 2 aromatic carbocycles. The van der Waals surface area contributed by atoms with E-state index in [1.54, 1.807) is 31.2 Å². The van der Waals surface area contributed by atoms with Crippen molar-refractivity contribution in [3.63, 3.8) is 0 Å². The minimum absolute atomic E-state index is 0.148. The molecule has 0 unspecified atom stereocenters. The fourth-order valence-electron chi connectivity index (χ4n) is 2.99. The van der Waals surface area contributed by atoms with Crippen LogP contribution in [0.3, 0.4) is 0 Å². The third kappa shape index (κ3) is 4.12. The number of ether oxygens (including phenoxy) is 1. The summed E-state index contributed by atoms with van der Waals surface area (Å²) < 4.78 is 5.04. The van der Waals surface area contributed by atoms with Crippen molar-refractivity contribution in [2.75, 3.05) is 11.9 Å². The number of ketones is 1. The molecule has 0 spiro atoms. The van der Waals surface area contributed by atoms with Crippen molar-refractivity contribution < 1.29 is 28.7 Å². The van der Waals surface area contributed by atoms with Crippen molar-refractivity contribution in [3.05, 3.63) is 65.2 Å². The number of rotatable bonds is 7. The summed E-state index contributed by atoms with van der Waals surface area (Å²) in [6.07, 6.45) is 0.335. The van der Waals surface area contributed by atoms with Crippen LogP contribution in [0.15, 0.2) is 48.5 Å². The maximum atomic E-state index is 12.4. The van der Waals surface area contributed by atoms with Crippen LogP contribution in [-0.4, -0.2) is 47.0 Å². The molecule has 3 amide bonds. The van der Waals surface area contributed by atoms with E-state index in [1.807, 2.05) is 0 Å². The quantitative estimate of drug-likeness (QED) is 0.428. The topological polar surface area (TPSA) is 110 Å². The molecule has 1 aliphatic rings. The predicted molar refractivity (Wildman–Crippen MR) is 107 cm³/mol. The summed E-state index contributed by atoms with van der Waals surface area (Å²) in [5, 5.41) is 2.67. The van der Waals surface area contributed by atoms with Crippen LogP contribution >= 0.6 is 0 Å². The predicted octanol–water partition coefficient (Wildman–Crippen LogP) is 2.45. The second-order valence-corrected chi connectivity index (χ2v) is 6.71. The number of anilines is 1. The summed E-state index contributed by atoms with van der Waals surface area (Å²) in [5.74, 6) is -2.60. The minimum Gasteiger partial charge on any atom is -0.456 e. The van der Waals surface area contributed by atoms with Gasteiger partial charge in [-0.15, -0.1) is 0 Å². The highest BCUT2D eigenvalue weighted by atomic mass is 16.5. The first kappa shape index (κ1) is 20.9. The molecule has 1 aliphatic heterocycles. The van der Waals surface area contributed by atoms with Crippen LogP contribution in [0, 0.1) is 0 Å². The van der Waals surface area contributed by atoms with Gasteiger partial charge < -0.3 is 10.1 Å². The van der Waals surface area contributed by atoms with E-state index < -0.39 is 36.2 Å². The lowest BCUT2D eigenvalue weighted by atomic mass is 10.1. The number of nitrogens with zero attached hydrogens (tertiary/aromatic N) is 1. The Hall–Kier alpha value is -3.81. The third-order valence-electron chi connectivity index (χ3n) is 4.71.